The molecule has 1 N–H and O–H groups in total. The predicted molar refractivity (Wildman–Crippen MR) is 107 cm³/mol. The van der Waals surface area contributed by atoms with Crippen LogP contribution in [0.1, 0.15) is 44.0 Å². The third-order valence-electron chi connectivity index (χ3n) is 5.25. The van der Waals surface area contributed by atoms with Crippen LogP contribution in [0.4, 0.5) is 0 Å². The third kappa shape index (κ3) is 5.88. The molecule has 0 bridgehead atoms. The molecule has 25 heavy (non-hydrogen) atoms. The minimum atomic E-state index is 0. The summed E-state index contributed by atoms with van der Waals surface area (Å²) in [7, 11) is 0. The lowest BCUT2D eigenvalue weighted by Crippen LogP contribution is -2.49. The van der Waals surface area contributed by atoms with E-state index < -0.39 is 0 Å². The molecule has 2 atom stereocenters. The van der Waals surface area contributed by atoms with Crippen molar-refractivity contribution in [1.29, 1.82) is 0 Å². The molecule has 0 aliphatic carbocycles. The van der Waals surface area contributed by atoms with E-state index in [9.17, 15) is 0 Å². The first-order chi connectivity index (χ1) is 11.6. The van der Waals surface area contributed by atoms with Crippen molar-refractivity contribution in [1.82, 2.24) is 20.1 Å². The highest BCUT2D eigenvalue weighted by Gasteiger charge is 2.31. The molecule has 2 fully saturated rings. The Kier molecular flexibility index (Phi) is 8.11. The first-order valence-corrected chi connectivity index (χ1v) is 10.2. The maximum absolute atomic E-state index is 5.64. The SMILES string of the molecule is CCOC(C)c1nc(CN2CCN(CC3(C)CCNC3)CC2)cs1.Cl. The highest BCUT2D eigenvalue weighted by molar-refractivity contribution is 7.09. The van der Waals surface area contributed by atoms with Crippen LogP contribution < -0.4 is 5.32 Å². The Morgan fingerprint density at radius 2 is 2.04 bits per heavy atom. The number of hydrogen-bond donors (Lipinski definition) is 1. The van der Waals surface area contributed by atoms with E-state index in [1.807, 2.05) is 6.92 Å². The molecule has 2 unspecified atom stereocenters. The van der Waals surface area contributed by atoms with Crippen LogP contribution in [0, 0.1) is 5.41 Å². The van der Waals surface area contributed by atoms with Gasteiger partial charge in [0.2, 0.25) is 0 Å². The van der Waals surface area contributed by atoms with Crippen LogP contribution in [0.2, 0.25) is 0 Å². The lowest BCUT2D eigenvalue weighted by atomic mass is 9.89. The second-order valence-corrected chi connectivity index (χ2v) is 8.45. The first-order valence-electron chi connectivity index (χ1n) is 9.29. The Balaban J connectivity index is 0.00000225. The van der Waals surface area contributed by atoms with Crippen molar-refractivity contribution < 1.29 is 4.74 Å². The number of thiazole rings is 1. The van der Waals surface area contributed by atoms with Gasteiger partial charge in [0, 0.05) is 57.8 Å². The fourth-order valence-electron chi connectivity index (χ4n) is 3.78. The third-order valence-corrected chi connectivity index (χ3v) is 6.30. The van der Waals surface area contributed by atoms with Gasteiger partial charge in [-0.15, -0.1) is 23.7 Å². The molecule has 2 aliphatic heterocycles. The van der Waals surface area contributed by atoms with Gasteiger partial charge in [-0.1, -0.05) is 6.92 Å². The molecular weight excluding hydrogens is 356 g/mol. The lowest BCUT2D eigenvalue weighted by molar-refractivity contribution is 0.0755. The van der Waals surface area contributed by atoms with E-state index in [0.717, 1.165) is 31.2 Å². The average Bonchev–Trinajstić information content (AvgIpc) is 3.19. The number of piperazine rings is 1. The van der Waals surface area contributed by atoms with Gasteiger partial charge >= 0.3 is 0 Å². The van der Waals surface area contributed by atoms with Gasteiger partial charge in [0.25, 0.3) is 0 Å². The first kappa shape index (κ1) is 21.1. The van der Waals surface area contributed by atoms with Gasteiger partial charge in [0.1, 0.15) is 11.1 Å². The molecule has 1 aromatic heterocycles. The Labute approximate surface area is 162 Å². The number of aromatic nitrogens is 1. The summed E-state index contributed by atoms with van der Waals surface area (Å²) >= 11 is 1.73. The van der Waals surface area contributed by atoms with E-state index >= 15 is 0 Å². The van der Waals surface area contributed by atoms with Gasteiger partial charge in [-0.05, 0) is 32.2 Å². The summed E-state index contributed by atoms with van der Waals surface area (Å²) in [5.41, 5.74) is 1.67. The van der Waals surface area contributed by atoms with E-state index in [-0.39, 0.29) is 18.5 Å². The number of nitrogens with zero attached hydrogens (tertiary/aromatic N) is 3. The molecule has 0 aromatic carbocycles. The van der Waals surface area contributed by atoms with E-state index in [4.69, 9.17) is 9.72 Å². The quantitative estimate of drug-likeness (QED) is 0.777. The minimum absolute atomic E-state index is 0. The zero-order valence-corrected chi connectivity index (χ0v) is 17.4. The topological polar surface area (TPSA) is 40.6 Å². The monoisotopic (exact) mass is 388 g/mol. The molecule has 0 amide bonds. The smallest absolute Gasteiger partial charge is 0.122 e. The Morgan fingerprint density at radius 1 is 1.32 bits per heavy atom. The van der Waals surface area contributed by atoms with Crippen LogP contribution in [0.15, 0.2) is 5.38 Å². The van der Waals surface area contributed by atoms with Gasteiger partial charge < -0.3 is 15.0 Å². The molecule has 0 radical (unpaired) electrons. The van der Waals surface area contributed by atoms with Crippen LogP contribution >= 0.6 is 23.7 Å². The Hall–Kier alpha value is -0.240. The normalized spacial score (nSPS) is 26.5. The van der Waals surface area contributed by atoms with Crippen molar-refractivity contribution in [3.63, 3.8) is 0 Å². The van der Waals surface area contributed by atoms with Crippen molar-refractivity contribution in [2.75, 3.05) is 52.4 Å². The van der Waals surface area contributed by atoms with Crippen molar-refractivity contribution in [3.8, 4) is 0 Å². The molecule has 0 saturated carbocycles. The van der Waals surface area contributed by atoms with Crippen molar-refractivity contribution in [3.05, 3.63) is 16.1 Å². The summed E-state index contributed by atoms with van der Waals surface area (Å²) in [6, 6.07) is 0. The Bertz CT molecular complexity index is 513. The van der Waals surface area contributed by atoms with E-state index in [0.29, 0.717) is 5.41 Å². The molecule has 2 aliphatic rings. The number of halogens is 1. The lowest BCUT2D eigenvalue weighted by Gasteiger charge is -2.38. The molecule has 3 rings (SSSR count). The molecular formula is C18H33ClN4OS. The highest BCUT2D eigenvalue weighted by Crippen LogP contribution is 2.26. The largest absolute Gasteiger partial charge is 0.372 e. The highest BCUT2D eigenvalue weighted by atomic mass is 35.5. The fraction of sp³-hybridized carbons (Fsp3) is 0.833. The Morgan fingerprint density at radius 3 is 2.68 bits per heavy atom. The molecule has 144 valence electrons. The molecule has 5 nitrogen and oxygen atoms in total. The number of hydrogen-bond acceptors (Lipinski definition) is 6. The van der Waals surface area contributed by atoms with E-state index in [1.165, 1.54) is 44.8 Å². The number of ether oxygens (including phenoxy) is 1. The average molecular weight is 389 g/mol. The van der Waals surface area contributed by atoms with Crippen molar-refractivity contribution in [2.24, 2.45) is 5.41 Å². The standard InChI is InChI=1S/C18H32N4OS.ClH/c1-4-23-15(2)17-20-16(12-24-17)11-21-7-9-22(10-8-21)14-18(3)5-6-19-13-18;/h12,15,19H,4-11,13-14H2,1-3H3;1H. The molecule has 3 heterocycles. The zero-order chi connectivity index (χ0) is 17.0. The molecule has 7 heteroatoms. The molecule has 1 aromatic rings. The summed E-state index contributed by atoms with van der Waals surface area (Å²) in [4.78, 5) is 9.95. The zero-order valence-electron chi connectivity index (χ0n) is 15.8. The maximum atomic E-state index is 5.64. The van der Waals surface area contributed by atoms with E-state index in [2.05, 4.69) is 34.3 Å². The predicted octanol–water partition coefficient (Wildman–Crippen LogP) is 2.78. The van der Waals surface area contributed by atoms with Crippen LogP contribution in [0.5, 0.6) is 0 Å². The summed E-state index contributed by atoms with van der Waals surface area (Å²) < 4.78 is 5.64. The van der Waals surface area contributed by atoms with Crippen molar-refractivity contribution >= 4 is 23.7 Å². The van der Waals surface area contributed by atoms with Gasteiger partial charge in [0.05, 0.1) is 5.69 Å². The minimum Gasteiger partial charge on any atom is -0.372 e. The summed E-state index contributed by atoms with van der Waals surface area (Å²) in [6.45, 7) is 16.5. The maximum Gasteiger partial charge on any atom is 0.122 e. The van der Waals surface area contributed by atoms with Crippen molar-refractivity contribution in [2.45, 2.75) is 39.8 Å². The number of nitrogens with one attached hydrogen (secondary N) is 1. The molecule has 2 saturated heterocycles. The number of rotatable bonds is 7. The summed E-state index contributed by atoms with van der Waals surface area (Å²) in [6.07, 6.45) is 1.43. The van der Waals surface area contributed by atoms with Crippen LogP contribution in [-0.2, 0) is 11.3 Å². The van der Waals surface area contributed by atoms with Crippen LogP contribution in [0.25, 0.3) is 0 Å². The van der Waals surface area contributed by atoms with Gasteiger partial charge in [0.15, 0.2) is 0 Å². The summed E-state index contributed by atoms with van der Waals surface area (Å²) in [5, 5.41) is 6.81. The van der Waals surface area contributed by atoms with Gasteiger partial charge in [-0.3, -0.25) is 4.90 Å². The van der Waals surface area contributed by atoms with Crippen LogP contribution in [0.3, 0.4) is 0 Å². The summed E-state index contributed by atoms with van der Waals surface area (Å²) in [5.74, 6) is 0. The molecule has 0 spiro atoms. The van der Waals surface area contributed by atoms with Gasteiger partial charge in [-0.25, -0.2) is 4.98 Å². The van der Waals surface area contributed by atoms with E-state index in [1.54, 1.807) is 11.3 Å². The van der Waals surface area contributed by atoms with Crippen LogP contribution in [-0.4, -0.2) is 67.2 Å². The fourth-order valence-corrected chi connectivity index (χ4v) is 4.60. The van der Waals surface area contributed by atoms with Gasteiger partial charge in [-0.2, -0.15) is 0 Å². The second kappa shape index (κ2) is 9.62. The second-order valence-electron chi connectivity index (χ2n) is 7.56.